The quantitative estimate of drug-likeness (QED) is 0.615. The van der Waals surface area contributed by atoms with Gasteiger partial charge in [-0.05, 0) is 35.4 Å². The average molecular weight is 403 g/mol. The highest BCUT2D eigenvalue weighted by atomic mass is 35.5. The monoisotopic (exact) mass is 402 g/mol. The van der Waals surface area contributed by atoms with Gasteiger partial charge in [-0.3, -0.25) is 0 Å². The highest BCUT2D eigenvalue weighted by molar-refractivity contribution is 6.30. The first-order valence-corrected chi connectivity index (χ1v) is 7.50. The SMILES string of the molecule is OC(c1ccc(Cl)cc1)(C(c1ccc(Cl)cc1)C(F)(F)F)C(F)(F)F. The molecule has 0 spiro atoms. The van der Waals surface area contributed by atoms with Crippen molar-refractivity contribution in [3.63, 3.8) is 0 Å². The molecular formula is C16H10Cl2F6O. The van der Waals surface area contributed by atoms with Gasteiger partial charge in [0.25, 0.3) is 0 Å². The summed E-state index contributed by atoms with van der Waals surface area (Å²) in [6.07, 6.45) is -11.0. The zero-order chi connectivity index (χ0) is 19.0. The lowest BCUT2D eigenvalue weighted by Gasteiger charge is -2.39. The van der Waals surface area contributed by atoms with Crippen molar-refractivity contribution in [1.82, 2.24) is 0 Å². The Kier molecular flexibility index (Phi) is 5.33. The van der Waals surface area contributed by atoms with E-state index in [2.05, 4.69) is 0 Å². The van der Waals surface area contributed by atoms with Gasteiger partial charge in [0.2, 0.25) is 5.60 Å². The molecule has 2 rings (SSSR count). The Bertz CT molecular complexity index is 724. The highest BCUT2D eigenvalue weighted by Crippen LogP contribution is 2.55. The average Bonchev–Trinajstić information content (AvgIpc) is 2.47. The van der Waals surface area contributed by atoms with Crippen LogP contribution in [0.5, 0.6) is 0 Å². The summed E-state index contributed by atoms with van der Waals surface area (Å²) in [5.41, 5.74) is -5.95. The molecule has 0 amide bonds. The first-order valence-electron chi connectivity index (χ1n) is 6.74. The standard InChI is InChI=1S/C16H10Cl2F6O/c17-11-5-1-9(2-6-11)13(15(19,20)21)14(25,16(22,23)24)10-3-7-12(18)8-4-10/h1-8,13,25H. The molecule has 0 aliphatic rings. The van der Waals surface area contributed by atoms with Crippen LogP contribution >= 0.6 is 23.2 Å². The second-order valence-electron chi connectivity index (χ2n) is 5.30. The molecule has 2 aromatic carbocycles. The van der Waals surface area contributed by atoms with Crippen LogP contribution in [0, 0.1) is 0 Å². The van der Waals surface area contributed by atoms with Gasteiger partial charge < -0.3 is 5.11 Å². The van der Waals surface area contributed by atoms with Gasteiger partial charge in [0, 0.05) is 10.0 Å². The number of aliphatic hydroxyl groups is 1. The Balaban J connectivity index is 2.75. The Labute approximate surface area is 148 Å². The van der Waals surface area contributed by atoms with Gasteiger partial charge in [-0.15, -0.1) is 0 Å². The number of hydrogen-bond donors (Lipinski definition) is 1. The van der Waals surface area contributed by atoms with Crippen molar-refractivity contribution in [2.24, 2.45) is 0 Å². The van der Waals surface area contributed by atoms with Crippen LogP contribution in [0.25, 0.3) is 0 Å². The lowest BCUT2D eigenvalue weighted by molar-refractivity contribution is -0.313. The molecule has 0 fully saturated rings. The molecule has 0 radical (unpaired) electrons. The van der Waals surface area contributed by atoms with Crippen LogP contribution in [0.1, 0.15) is 17.0 Å². The Morgan fingerprint density at radius 1 is 0.720 bits per heavy atom. The van der Waals surface area contributed by atoms with Gasteiger partial charge in [0.05, 0.1) is 0 Å². The molecule has 2 aromatic rings. The van der Waals surface area contributed by atoms with Crippen LogP contribution < -0.4 is 0 Å². The summed E-state index contributed by atoms with van der Waals surface area (Å²) in [5.74, 6) is -3.25. The van der Waals surface area contributed by atoms with Gasteiger partial charge >= 0.3 is 12.4 Å². The van der Waals surface area contributed by atoms with E-state index in [1.807, 2.05) is 0 Å². The molecule has 136 valence electrons. The predicted octanol–water partition coefficient (Wildman–Crippen LogP) is 6.09. The third kappa shape index (κ3) is 3.88. The van der Waals surface area contributed by atoms with Crippen molar-refractivity contribution in [3.05, 3.63) is 69.7 Å². The van der Waals surface area contributed by atoms with Crippen molar-refractivity contribution in [2.45, 2.75) is 23.9 Å². The van der Waals surface area contributed by atoms with Crippen LogP contribution in [-0.2, 0) is 5.60 Å². The van der Waals surface area contributed by atoms with Gasteiger partial charge in [-0.25, -0.2) is 0 Å². The van der Waals surface area contributed by atoms with Crippen molar-refractivity contribution in [3.8, 4) is 0 Å². The van der Waals surface area contributed by atoms with Crippen molar-refractivity contribution >= 4 is 23.2 Å². The second-order valence-corrected chi connectivity index (χ2v) is 6.17. The molecule has 0 aliphatic heterocycles. The first-order chi connectivity index (χ1) is 11.4. The molecule has 0 saturated carbocycles. The van der Waals surface area contributed by atoms with Crippen LogP contribution in [0.3, 0.4) is 0 Å². The summed E-state index contributed by atoms with van der Waals surface area (Å²) in [6.45, 7) is 0. The molecule has 0 heterocycles. The number of benzene rings is 2. The molecular weight excluding hydrogens is 393 g/mol. The smallest absolute Gasteiger partial charge is 0.376 e. The predicted molar refractivity (Wildman–Crippen MR) is 81.7 cm³/mol. The number of halogens is 8. The highest BCUT2D eigenvalue weighted by Gasteiger charge is 2.67. The fraction of sp³-hybridized carbons (Fsp3) is 0.250. The molecule has 1 nitrogen and oxygen atoms in total. The largest absolute Gasteiger partial charge is 0.422 e. The summed E-state index contributed by atoms with van der Waals surface area (Å²) < 4.78 is 81.6. The van der Waals surface area contributed by atoms with Gasteiger partial charge in [-0.2, -0.15) is 26.3 Å². The third-order valence-electron chi connectivity index (χ3n) is 3.66. The van der Waals surface area contributed by atoms with E-state index in [0.29, 0.717) is 12.1 Å². The Hall–Kier alpha value is -1.44. The van der Waals surface area contributed by atoms with Gasteiger partial charge in [0.1, 0.15) is 5.92 Å². The molecule has 0 bridgehead atoms. The van der Waals surface area contributed by atoms with E-state index in [4.69, 9.17) is 23.2 Å². The third-order valence-corrected chi connectivity index (χ3v) is 4.17. The fourth-order valence-corrected chi connectivity index (χ4v) is 2.77. The maximum Gasteiger partial charge on any atom is 0.422 e. The van der Waals surface area contributed by atoms with Gasteiger partial charge in [-0.1, -0.05) is 47.5 Å². The van der Waals surface area contributed by atoms with E-state index in [-0.39, 0.29) is 10.0 Å². The summed E-state index contributed by atoms with van der Waals surface area (Å²) in [5, 5.41) is 10.4. The molecule has 0 saturated heterocycles. The second kappa shape index (κ2) is 6.70. The minimum Gasteiger partial charge on any atom is -0.376 e. The topological polar surface area (TPSA) is 20.2 Å². The van der Waals surface area contributed by atoms with E-state index < -0.39 is 35.0 Å². The summed E-state index contributed by atoms with van der Waals surface area (Å²) >= 11 is 11.2. The van der Waals surface area contributed by atoms with E-state index in [1.54, 1.807) is 0 Å². The van der Waals surface area contributed by atoms with Crippen LogP contribution in [-0.4, -0.2) is 17.5 Å². The minimum absolute atomic E-state index is 0.0170. The van der Waals surface area contributed by atoms with Crippen molar-refractivity contribution in [2.75, 3.05) is 0 Å². The van der Waals surface area contributed by atoms with Crippen LogP contribution in [0.4, 0.5) is 26.3 Å². The molecule has 25 heavy (non-hydrogen) atoms. The minimum atomic E-state index is -5.61. The van der Waals surface area contributed by atoms with Crippen molar-refractivity contribution in [1.29, 1.82) is 0 Å². The summed E-state index contributed by atoms with van der Waals surface area (Å²) in [6, 6.07) is 7.02. The van der Waals surface area contributed by atoms with E-state index in [0.717, 1.165) is 36.4 Å². The molecule has 2 atom stereocenters. The van der Waals surface area contributed by atoms with Crippen molar-refractivity contribution < 1.29 is 31.4 Å². The Morgan fingerprint density at radius 2 is 1.12 bits per heavy atom. The van der Waals surface area contributed by atoms with E-state index >= 15 is 0 Å². The van der Waals surface area contributed by atoms with Crippen LogP contribution in [0.2, 0.25) is 10.0 Å². The normalized spacial score (nSPS) is 16.4. The molecule has 9 heteroatoms. The Morgan fingerprint density at radius 3 is 1.48 bits per heavy atom. The molecule has 0 aliphatic carbocycles. The van der Waals surface area contributed by atoms with Gasteiger partial charge in [0.15, 0.2) is 0 Å². The summed E-state index contributed by atoms with van der Waals surface area (Å²) in [4.78, 5) is 0. The maximum absolute atomic E-state index is 13.6. The maximum atomic E-state index is 13.6. The van der Waals surface area contributed by atoms with Crippen LogP contribution in [0.15, 0.2) is 48.5 Å². The van der Waals surface area contributed by atoms with E-state index in [9.17, 15) is 31.4 Å². The zero-order valence-electron chi connectivity index (χ0n) is 12.2. The molecule has 1 N–H and O–H groups in total. The lowest BCUT2D eigenvalue weighted by Crippen LogP contribution is -2.52. The molecule has 2 unspecified atom stereocenters. The lowest BCUT2D eigenvalue weighted by atomic mass is 9.76. The number of rotatable bonds is 3. The van der Waals surface area contributed by atoms with E-state index in [1.165, 1.54) is 0 Å². The first kappa shape index (κ1) is 19.9. The zero-order valence-corrected chi connectivity index (χ0v) is 13.7. The number of alkyl halides is 6. The summed E-state index contributed by atoms with van der Waals surface area (Å²) in [7, 11) is 0. The fourth-order valence-electron chi connectivity index (χ4n) is 2.52. The molecule has 0 aromatic heterocycles. The number of hydrogen-bond acceptors (Lipinski definition) is 1.